The van der Waals surface area contributed by atoms with E-state index in [4.69, 9.17) is 0 Å². The Balaban J connectivity index is 1.50. The highest BCUT2D eigenvalue weighted by molar-refractivity contribution is 7.09. The van der Waals surface area contributed by atoms with Crippen molar-refractivity contribution in [1.29, 1.82) is 0 Å². The molecule has 1 aromatic heterocycles. The first kappa shape index (κ1) is 15.4. The highest BCUT2D eigenvalue weighted by atomic mass is 32.1. The summed E-state index contributed by atoms with van der Waals surface area (Å²) in [7, 11) is 0. The van der Waals surface area contributed by atoms with Crippen LogP contribution in [0.3, 0.4) is 0 Å². The van der Waals surface area contributed by atoms with Gasteiger partial charge in [0.1, 0.15) is 0 Å². The van der Waals surface area contributed by atoms with Crippen molar-refractivity contribution in [3.8, 4) is 0 Å². The third-order valence-corrected chi connectivity index (χ3v) is 5.41. The van der Waals surface area contributed by atoms with E-state index in [0.717, 1.165) is 49.3 Å². The molecule has 4 nitrogen and oxygen atoms in total. The number of carbonyl (C=O) groups is 1. The molecule has 1 saturated carbocycles. The van der Waals surface area contributed by atoms with Gasteiger partial charge < -0.3 is 4.90 Å². The molecular formula is C19H21N3OS. The minimum atomic E-state index is 0.138. The molecule has 5 heteroatoms. The van der Waals surface area contributed by atoms with Crippen LogP contribution >= 0.6 is 11.3 Å². The van der Waals surface area contributed by atoms with Gasteiger partial charge in [0.2, 0.25) is 0 Å². The van der Waals surface area contributed by atoms with Gasteiger partial charge in [-0.3, -0.25) is 9.80 Å². The number of hydrogen-bond acceptors (Lipinski definition) is 4. The standard InChI is InChI=1S/C19H21N3OS/c1-14-10-11-22(20-14)17-6-4-15(5-7-17)19(23)21(16-8-9-16)13-18-3-2-12-24-18/h2-7,12,16H,8-11,13H2,1H3. The van der Waals surface area contributed by atoms with E-state index < -0.39 is 0 Å². The minimum absolute atomic E-state index is 0.138. The average molecular weight is 339 g/mol. The summed E-state index contributed by atoms with van der Waals surface area (Å²) in [6.07, 6.45) is 3.25. The third-order valence-electron chi connectivity index (χ3n) is 4.54. The summed E-state index contributed by atoms with van der Waals surface area (Å²) in [5.74, 6) is 0.138. The molecule has 124 valence electrons. The fraction of sp³-hybridized carbons (Fsp3) is 0.368. The van der Waals surface area contributed by atoms with Crippen molar-refractivity contribution in [3.63, 3.8) is 0 Å². The van der Waals surface area contributed by atoms with Crippen molar-refractivity contribution in [1.82, 2.24) is 4.90 Å². The summed E-state index contributed by atoms with van der Waals surface area (Å²) in [6, 6.07) is 12.4. The molecule has 0 saturated heterocycles. The quantitative estimate of drug-likeness (QED) is 0.821. The van der Waals surface area contributed by atoms with E-state index in [-0.39, 0.29) is 5.91 Å². The van der Waals surface area contributed by atoms with Gasteiger partial charge in [0.15, 0.2) is 0 Å². The van der Waals surface area contributed by atoms with Crippen LogP contribution in [0.15, 0.2) is 46.9 Å². The molecule has 2 aliphatic rings. The van der Waals surface area contributed by atoms with Crippen molar-refractivity contribution in [2.45, 2.75) is 38.8 Å². The molecule has 0 unspecified atom stereocenters. The van der Waals surface area contributed by atoms with Crippen molar-refractivity contribution >= 4 is 28.6 Å². The maximum absolute atomic E-state index is 12.9. The molecule has 0 radical (unpaired) electrons. The zero-order valence-electron chi connectivity index (χ0n) is 13.8. The fourth-order valence-corrected chi connectivity index (χ4v) is 3.73. The van der Waals surface area contributed by atoms with Gasteiger partial charge in [0.25, 0.3) is 5.91 Å². The van der Waals surface area contributed by atoms with E-state index in [2.05, 4.69) is 23.5 Å². The Morgan fingerprint density at radius 1 is 1.29 bits per heavy atom. The first-order chi connectivity index (χ1) is 11.7. The molecule has 0 atom stereocenters. The van der Waals surface area contributed by atoms with Crippen LogP contribution in [0.2, 0.25) is 0 Å². The summed E-state index contributed by atoms with van der Waals surface area (Å²) in [5.41, 5.74) is 2.98. The van der Waals surface area contributed by atoms with Gasteiger partial charge >= 0.3 is 0 Å². The SMILES string of the molecule is CC1=NN(c2ccc(C(=O)N(Cc3cccs3)C3CC3)cc2)CC1. The van der Waals surface area contributed by atoms with Crippen LogP contribution in [0.5, 0.6) is 0 Å². The van der Waals surface area contributed by atoms with E-state index >= 15 is 0 Å². The van der Waals surface area contributed by atoms with Crippen LogP contribution in [0, 0.1) is 0 Å². The first-order valence-electron chi connectivity index (χ1n) is 8.46. The van der Waals surface area contributed by atoms with Gasteiger partial charge in [-0.2, -0.15) is 5.10 Å². The fourth-order valence-electron chi connectivity index (χ4n) is 3.03. The van der Waals surface area contributed by atoms with Gasteiger partial charge in [-0.25, -0.2) is 0 Å². The van der Waals surface area contributed by atoms with Gasteiger partial charge in [0.05, 0.1) is 12.2 Å². The van der Waals surface area contributed by atoms with Gasteiger partial charge in [0, 0.05) is 35.2 Å². The minimum Gasteiger partial charge on any atom is -0.331 e. The molecule has 1 aliphatic carbocycles. The number of carbonyl (C=O) groups excluding carboxylic acids is 1. The molecule has 0 spiro atoms. The Bertz CT molecular complexity index is 747. The number of thiophene rings is 1. The summed E-state index contributed by atoms with van der Waals surface area (Å²) in [4.78, 5) is 16.2. The van der Waals surface area contributed by atoms with Crippen LogP contribution < -0.4 is 5.01 Å². The molecule has 1 amide bonds. The zero-order valence-corrected chi connectivity index (χ0v) is 14.6. The lowest BCUT2D eigenvalue weighted by atomic mass is 10.1. The number of nitrogens with zero attached hydrogens (tertiary/aromatic N) is 3. The maximum Gasteiger partial charge on any atom is 0.254 e. The Morgan fingerprint density at radius 3 is 2.67 bits per heavy atom. The average Bonchev–Trinajstić information content (AvgIpc) is 3.13. The van der Waals surface area contributed by atoms with E-state index in [0.29, 0.717) is 6.04 Å². The van der Waals surface area contributed by atoms with Gasteiger partial charge in [-0.1, -0.05) is 6.07 Å². The van der Waals surface area contributed by atoms with Crippen molar-refractivity contribution < 1.29 is 4.79 Å². The monoisotopic (exact) mass is 339 g/mol. The molecule has 0 N–H and O–H groups in total. The molecule has 1 aromatic carbocycles. The van der Waals surface area contributed by atoms with Crippen molar-refractivity contribution in [3.05, 3.63) is 52.2 Å². The Morgan fingerprint density at radius 2 is 2.08 bits per heavy atom. The van der Waals surface area contributed by atoms with Crippen LogP contribution in [0.4, 0.5) is 5.69 Å². The molecule has 1 fully saturated rings. The van der Waals surface area contributed by atoms with E-state index in [9.17, 15) is 4.79 Å². The smallest absolute Gasteiger partial charge is 0.254 e. The third kappa shape index (κ3) is 3.22. The number of hydrazone groups is 1. The zero-order chi connectivity index (χ0) is 16.5. The summed E-state index contributed by atoms with van der Waals surface area (Å²) in [6.45, 7) is 3.69. The second-order valence-corrected chi connectivity index (χ2v) is 7.53. The normalized spacial score (nSPS) is 17.0. The lowest BCUT2D eigenvalue weighted by Gasteiger charge is -2.22. The van der Waals surface area contributed by atoms with Gasteiger partial charge in [-0.15, -0.1) is 11.3 Å². The first-order valence-corrected chi connectivity index (χ1v) is 9.34. The molecule has 2 heterocycles. The lowest BCUT2D eigenvalue weighted by molar-refractivity contribution is 0.0731. The predicted octanol–water partition coefficient (Wildman–Crippen LogP) is 4.14. The number of hydrogen-bond donors (Lipinski definition) is 0. The van der Waals surface area contributed by atoms with E-state index in [1.807, 2.05) is 40.2 Å². The van der Waals surface area contributed by atoms with Crippen LogP contribution in [-0.2, 0) is 6.54 Å². The second-order valence-electron chi connectivity index (χ2n) is 6.50. The summed E-state index contributed by atoms with van der Waals surface area (Å²) < 4.78 is 0. The van der Waals surface area contributed by atoms with E-state index in [1.165, 1.54) is 4.88 Å². The topological polar surface area (TPSA) is 35.9 Å². The molecule has 0 bridgehead atoms. The number of rotatable bonds is 5. The predicted molar refractivity (Wildman–Crippen MR) is 98.7 cm³/mol. The largest absolute Gasteiger partial charge is 0.331 e. The molecule has 4 rings (SSSR count). The summed E-state index contributed by atoms with van der Waals surface area (Å²) >= 11 is 1.71. The molecule has 1 aliphatic heterocycles. The van der Waals surface area contributed by atoms with Gasteiger partial charge in [-0.05, 0) is 55.5 Å². The van der Waals surface area contributed by atoms with Crippen LogP contribution in [-0.4, -0.2) is 29.1 Å². The van der Waals surface area contributed by atoms with Crippen molar-refractivity contribution in [2.24, 2.45) is 5.10 Å². The maximum atomic E-state index is 12.9. The molecular weight excluding hydrogens is 318 g/mol. The number of anilines is 1. The molecule has 24 heavy (non-hydrogen) atoms. The Hall–Kier alpha value is -2.14. The summed E-state index contributed by atoms with van der Waals surface area (Å²) in [5, 5.41) is 8.59. The Kier molecular flexibility index (Phi) is 4.10. The lowest BCUT2D eigenvalue weighted by Crippen LogP contribution is -2.32. The van der Waals surface area contributed by atoms with Crippen molar-refractivity contribution in [2.75, 3.05) is 11.6 Å². The Labute approximate surface area is 146 Å². The van der Waals surface area contributed by atoms with Crippen LogP contribution in [0.25, 0.3) is 0 Å². The number of benzene rings is 1. The molecule has 2 aromatic rings. The van der Waals surface area contributed by atoms with E-state index in [1.54, 1.807) is 11.3 Å². The highest BCUT2D eigenvalue weighted by Gasteiger charge is 2.33. The second kappa shape index (κ2) is 6.40. The number of amides is 1. The highest BCUT2D eigenvalue weighted by Crippen LogP contribution is 2.31. The van der Waals surface area contributed by atoms with Crippen LogP contribution in [0.1, 0.15) is 41.4 Å².